The van der Waals surface area contributed by atoms with Crippen LogP contribution in [0.4, 0.5) is 0 Å². The predicted octanol–water partition coefficient (Wildman–Crippen LogP) is 1.06. The number of carbonyl (C=O) groups excluding carboxylic acids is 1. The highest BCUT2D eigenvalue weighted by Crippen LogP contribution is 2.20. The van der Waals surface area contributed by atoms with Crippen LogP contribution in [0, 0.1) is 5.92 Å². The van der Waals surface area contributed by atoms with Crippen LogP contribution in [0.15, 0.2) is 24.5 Å². The molecule has 0 radical (unpaired) electrons. The number of tetrazole rings is 1. The van der Waals surface area contributed by atoms with Crippen molar-refractivity contribution in [3.8, 4) is 5.69 Å². The maximum absolute atomic E-state index is 12.2. The molecule has 2 atom stereocenters. The van der Waals surface area contributed by atoms with Gasteiger partial charge in [0.25, 0.3) is 5.91 Å². The maximum atomic E-state index is 12.2. The number of aliphatic hydroxyl groups is 1. The molecule has 1 heterocycles. The fourth-order valence-electron chi connectivity index (χ4n) is 1.70. The van der Waals surface area contributed by atoms with Crippen LogP contribution in [0.3, 0.4) is 0 Å². The van der Waals surface area contributed by atoms with Crippen LogP contribution in [0.5, 0.6) is 0 Å². The zero-order valence-corrected chi connectivity index (χ0v) is 12.4. The van der Waals surface area contributed by atoms with Gasteiger partial charge in [-0.25, -0.2) is 4.68 Å². The number of aromatic nitrogens is 4. The molecule has 0 saturated carbocycles. The fourth-order valence-corrected chi connectivity index (χ4v) is 1.96. The number of hydrogen-bond acceptors (Lipinski definition) is 5. The summed E-state index contributed by atoms with van der Waals surface area (Å²) in [5.41, 5.74) is 1.03. The second-order valence-electron chi connectivity index (χ2n) is 4.84. The second kappa shape index (κ2) is 6.64. The number of benzene rings is 1. The topological polar surface area (TPSA) is 92.9 Å². The Hall–Kier alpha value is -1.99. The Morgan fingerprint density at radius 1 is 1.48 bits per heavy atom. The Balaban J connectivity index is 2.15. The first kappa shape index (κ1) is 15.4. The lowest BCUT2D eigenvalue weighted by Crippen LogP contribution is -2.38. The van der Waals surface area contributed by atoms with Crippen LogP contribution in [0.1, 0.15) is 24.2 Å². The number of nitrogens with zero attached hydrogens (tertiary/aromatic N) is 4. The molecule has 2 unspecified atom stereocenters. The van der Waals surface area contributed by atoms with Gasteiger partial charge in [0.1, 0.15) is 6.33 Å². The molecule has 0 saturated heterocycles. The molecule has 1 aromatic heterocycles. The summed E-state index contributed by atoms with van der Waals surface area (Å²) in [6, 6.07) is 4.78. The maximum Gasteiger partial charge on any atom is 0.253 e. The molecule has 0 aliphatic carbocycles. The summed E-state index contributed by atoms with van der Waals surface area (Å²) in [7, 11) is 0. The lowest BCUT2D eigenvalue weighted by atomic mass is 10.0. The third-order valence-corrected chi connectivity index (χ3v) is 3.62. The minimum Gasteiger partial charge on any atom is -0.396 e. The summed E-state index contributed by atoms with van der Waals surface area (Å²) < 4.78 is 1.45. The van der Waals surface area contributed by atoms with E-state index in [0.717, 1.165) is 0 Å². The van der Waals surface area contributed by atoms with E-state index in [4.69, 9.17) is 16.7 Å². The fraction of sp³-hybridized carbons (Fsp3) is 0.385. The van der Waals surface area contributed by atoms with Crippen LogP contribution in [-0.2, 0) is 0 Å². The first-order valence-corrected chi connectivity index (χ1v) is 6.85. The predicted molar refractivity (Wildman–Crippen MR) is 77.3 cm³/mol. The first-order chi connectivity index (χ1) is 10.0. The Labute approximate surface area is 126 Å². The molecule has 21 heavy (non-hydrogen) atoms. The average Bonchev–Trinajstić information content (AvgIpc) is 3.00. The van der Waals surface area contributed by atoms with E-state index in [2.05, 4.69) is 20.8 Å². The van der Waals surface area contributed by atoms with E-state index in [0.29, 0.717) is 16.3 Å². The van der Waals surface area contributed by atoms with Crippen LogP contribution in [0.25, 0.3) is 5.69 Å². The molecule has 1 aromatic carbocycles. The molecule has 1 amide bonds. The largest absolute Gasteiger partial charge is 0.396 e. The van der Waals surface area contributed by atoms with Gasteiger partial charge in [-0.15, -0.1) is 5.10 Å². The molecule has 2 aromatic rings. The SMILES string of the molecule is CC(CO)C(C)NC(=O)c1ccc(-n2cnnn2)cc1Cl. The van der Waals surface area contributed by atoms with E-state index < -0.39 is 0 Å². The second-order valence-corrected chi connectivity index (χ2v) is 5.25. The monoisotopic (exact) mass is 309 g/mol. The first-order valence-electron chi connectivity index (χ1n) is 6.47. The van der Waals surface area contributed by atoms with Crippen LogP contribution in [-0.4, -0.2) is 43.9 Å². The Bertz CT molecular complexity index is 617. The van der Waals surface area contributed by atoms with Crippen molar-refractivity contribution in [2.75, 3.05) is 6.61 Å². The average molecular weight is 310 g/mol. The van der Waals surface area contributed by atoms with Gasteiger partial charge in [0.15, 0.2) is 0 Å². The Kier molecular flexibility index (Phi) is 4.87. The number of aliphatic hydroxyl groups excluding tert-OH is 1. The standard InChI is InChI=1S/C13H16ClN5O2/c1-8(6-20)9(2)16-13(21)11-4-3-10(5-12(11)14)19-7-15-17-18-19/h3-5,7-9,20H,6H2,1-2H3,(H,16,21). The molecule has 7 nitrogen and oxygen atoms in total. The number of rotatable bonds is 5. The van der Waals surface area contributed by atoms with Crippen molar-refractivity contribution in [2.45, 2.75) is 19.9 Å². The molecule has 112 valence electrons. The molecule has 0 bridgehead atoms. The van der Waals surface area contributed by atoms with Gasteiger partial charge in [0.2, 0.25) is 0 Å². The highest BCUT2D eigenvalue weighted by molar-refractivity contribution is 6.34. The minimum absolute atomic E-state index is 0.00736. The normalized spacial score (nSPS) is 13.7. The molecule has 0 aliphatic rings. The van der Waals surface area contributed by atoms with E-state index in [1.807, 2.05) is 13.8 Å². The van der Waals surface area contributed by atoms with Crippen molar-refractivity contribution < 1.29 is 9.90 Å². The van der Waals surface area contributed by atoms with Crippen molar-refractivity contribution in [3.63, 3.8) is 0 Å². The van der Waals surface area contributed by atoms with Crippen LogP contribution >= 0.6 is 11.6 Å². The quantitative estimate of drug-likeness (QED) is 0.861. The van der Waals surface area contributed by atoms with Crippen molar-refractivity contribution in [1.29, 1.82) is 0 Å². The Morgan fingerprint density at radius 2 is 2.24 bits per heavy atom. The Morgan fingerprint density at radius 3 is 2.81 bits per heavy atom. The summed E-state index contributed by atoms with van der Waals surface area (Å²) in [6.07, 6.45) is 1.44. The third-order valence-electron chi connectivity index (χ3n) is 3.31. The number of nitrogens with one attached hydrogen (secondary N) is 1. The summed E-state index contributed by atoms with van der Waals surface area (Å²) in [5.74, 6) is -0.315. The van der Waals surface area contributed by atoms with E-state index in [9.17, 15) is 4.79 Å². The molecular formula is C13H16ClN5O2. The number of halogens is 1. The van der Waals surface area contributed by atoms with Crippen molar-refractivity contribution in [3.05, 3.63) is 35.1 Å². The minimum atomic E-state index is -0.281. The van der Waals surface area contributed by atoms with Gasteiger partial charge in [-0.2, -0.15) is 0 Å². The van der Waals surface area contributed by atoms with Gasteiger partial charge < -0.3 is 10.4 Å². The zero-order chi connectivity index (χ0) is 15.4. The number of amides is 1. The van der Waals surface area contributed by atoms with Crippen LogP contribution in [0.2, 0.25) is 5.02 Å². The van der Waals surface area contributed by atoms with Gasteiger partial charge in [0, 0.05) is 12.6 Å². The number of hydrogen-bond donors (Lipinski definition) is 2. The molecule has 2 N–H and O–H groups in total. The van der Waals surface area contributed by atoms with E-state index in [-0.39, 0.29) is 24.5 Å². The molecular weight excluding hydrogens is 294 g/mol. The van der Waals surface area contributed by atoms with Gasteiger partial charge in [-0.1, -0.05) is 18.5 Å². The lowest BCUT2D eigenvalue weighted by Gasteiger charge is -2.19. The molecule has 0 fully saturated rings. The summed E-state index contributed by atoms with van der Waals surface area (Å²) in [5, 5.41) is 23.0. The lowest BCUT2D eigenvalue weighted by molar-refractivity contribution is 0.0916. The molecule has 0 spiro atoms. The van der Waals surface area contributed by atoms with Crippen LogP contribution < -0.4 is 5.32 Å². The highest BCUT2D eigenvalue weighted by atomic mass is 35.5. The molecule has 2 rings (SSSR count). The molecule has 0 aliphatic heterocycles. The van der Waals surface area contributed by atoms with E-state index in [1.54, 1.807) is 18.2 Å². The van der Waals surface area contributed by atoms with Gasteiger partial charge in [-0.3, -0.25) is 4.79 Å². The summed E-state index contributed by atoms with van der Waals surface area (Å²) in [4.78, 5) is 12.2. The van der Waals surface area contributed by atoms with Crippen molar-refractivity contribution in [1.82, 2.24) is 25.5 Å². The molecule has 8 heteroatoms. The van der Waals surface area contributed by atoms with E-state index >= 15 is 0 Å². The van der Waals surface area contributed by atoms with Gasteiger partial charge in [-0.05, 0) is 41.5 Å². The van der Waals surface area contributed by atoms with Gasteiger partial charge >= 0.3 is 0 Å². The highest BCUT2D eigenvalue weighted by Gasteiger charge is 2.17. The number of carbonyl (C=O) groups is 1. The van der Waals surface area contributed by atoms with E-state index in [1.165, 1.54) is 11.0 Å². The van der Waals surface area contributed by atoms with Crippen molar-refractivity contribution in [2.24, 2.45) is 5.92 Å². The third kappa shape index (κ3) is 3.56. The zero-order valence-electron chi connectivity index (χ0n) is 11.7. The van der Waals surface area contributed by atoms with Gasteiger partial charge in [0.05, 0.1) is 16.3 Å². The summed E-state index contributed by atoms with van der Waals surface area (Å²) >= 11 is 6.15. The summed E-state index contributed by atoms with van der Waals surface area (Å²) in [6.45, 7) is 3.70. The van der Waals surface area contributed by atoms with Crippen molar-refractivity contribution >= 4 is 17.5 Å². The smallest absolute Gasteiger partial charge is 0.253 e.